The molecule has 3 aromatic carbocycles. The van der Waals surface area contributed by atoms with Gasteiger partial charge in [-0.2, -0.15) is 4.98 Å². The van der Waals surface area contributed by atoms with Crippen LogP contribution in [0.25, 0.3) is 0 Å². The van der Waals surface area contributed by atoms with Crippen molar-refractivity contribution < 1.29 is 9.47 Å². The molecule has 6 rings (SSSR count). The predicted molar refractivity (Wildman–Crippen MR) is 163 cm³/mol. The van der Waals surface area contributed by atoms with Crippen molar-refractivity contribution in [3.63, 3.8) is 0 Å². The van der Waals surface area contributed by atoms with Gasteiger partial charge in [0, 0.05) is 38.9 Å². The zero-order chi connectivity index (χ0) is 27.7. The maximum atomic E-state index is 6.28. The first-order chi connectivity index (χ1) is 20.3. The van der Waals surface area contributed by atoms with Gasteiger partial charge in [-0.1, -0.05) is 79.6 Å². The first-order valence-corrected chi connectivity index (χ1v) is 14.8. The maximum absolute atomic E-state index is 6.28. The number of nitrogens with one attached hydrogen (secondary N) is 1. The summed E-state index contributed by atoms with van der Waals surface area (Å²) in [5, 5.41) is 3.55. The van der Waals surface area contributed by atoms with Crippen LogP contribution in [0.2, 0.25) is 0 Å². The van der Waals surface area contributed by atoms with E-state index < -0.39 is 0 Å². The molecule has 1 N–H and O–H groups in total. The zero-order valence-electron chi connectivity index (χ0n) is 23.6. The number of anilines is 2. The number of nitrogens with zero attached hydrogens (tertiary/aromatic N) is 4. The second kappa shape index (κ2) is 13.5. The quantitative estimate of drug-likeness (QED) is 0.235. The molecule has 0 bridgehead atoms. The summed E-state index contributed by atoms with van der Waals surface area (Å²) in [6.07, 6.45) is 6.99. The Balaban J connectivity index is 1.05. The van der Waals surface area contributed by atoms with Crippen LogP contribution in [0.5, 0.6) is 11.5 Å². The summed E-state index contributed by atoms with van der Waals surface area (Å²) in [7, 11) is 0. The molecule has 212 valence electrons. The standard InChI is InChI=1S/C34H39N5O2/c1-2-10-20-39(19-9-1)33-17-18-35-34(37-33)36-30-23-38(24-30)22-29-15-16-31(40-25-27-11-5-3-6-12-27)32(21-29)41-26-28-13-7-4-8-14-28/h3-8,11-18,21,30H,1-2,9-10,19-20,22-26H2,(H,35,36,37). The van der Waals surface area contributed by atoms with Crippen LogP contribution in [0.1, 0.15) is 42.4 Å². The molecule has 2 aliphatic heterocycles. The minimum atomic E-state index is 0.344. The fraction of sp³-hybridized carbons (Fsp3) is 0.353. The summed E-state index contributed by atoms with van der Waals surface area (Å²) in [6.45, 7) is 5.92. The second-order valence-electron chi connectivity index (χ2n) is 11.0. The van der Waals surface area contributed by atoms with Crippen LogP contribution in [0.4, 0.5) is 11.8 Å². The molecule has 2 fully saturated rings. The lowest BCUT2D eigenvalue weighted by Crippen LogP contribution is -2.54. The van der Waals surface area contributed by atoms with Crippen molar-refractivity contribution >= 4 is 11.8 Å². The molecular formula is C34H39N5O2. The highest BCUT2D eigenvalue weighted by Crippen LogP contribution is 2.31. The van der Waals surface area contributed by atoms with Gasteiger partial charge in [0.05, 0.1) is 6.04 Å². The molecule has 2 saturated heterocycles. The van der Waals surface area contributed by atoms with Crippen LogP contribution in [0, 0.1) is 0 Å². The summed E-state index contributed by atoms with van der Waals surface area (Å²) in [5.74, 6) is 3.31. The van der Waals surface area contributed by atoms with E-state index in [1.807, 2.05) is 54.7 Å². The third-order valence-electron chi connectivity index (χ3n) is 7.75. The number of ether oxygens (including phenoxy) is 2. The van der Waals surface area contributed by atoms with Crippen LogP contribution in [-0.4, -0.2) is 47.1 Å². The molecule has 4 aromatic rings. The van der Waals surface area contributed by atoms with Crippen LogP contribution < -0.4 is 19.7 Å². The monoisotopic (exact) mass is 549 g/mol. The average Bonchev–Trinajstić information content (AvgIpc) is 3.30. The Morgan fingerprint density at radius 1 is 0.707 bits per heavy atom. The van der Waals surface area contributed by atoms with Crippen molar-refractivity contribution in [2.75, 3.05) is 36.4 Å². The van der Waals surface area contributed by atoms with E-state index in [-0.39, 0.29) is 0 Å². The molecule has 7 heteroatoms. The largest absolute Gasteiger partial charge is 0.485 e. The van der Waals surface area contributed by atoms with E-state index in [1.165, 1.54) is 31.2 Å². The first-order valence-electron chi connectivity index (χ1n) is 14.8. The van der Waals surface area contributed by atoms with Gasteiger partial charge >= 0.3 is 0 Å². The minimum absolute atomic E-state index is 0.344. The van der Waals surface area contributed by atoms with Gasteiger partial charge in [0.1, 0.15) is 19.0 Å². The molecule has 0 amide bonds. The van der Waals surface area contributed by atoms with E-state index in [9.17, 15) is 0 Å². The molecule has 0 spiro atoms. The van der Waals surface area contributed by atoms with Crippen molar-refractivity contribution in [1.29, 1.82) is 0 Å². The van der Waals surface area contributed by atoms with Crippen molar-refractivity contribution in [2.45, 2.75) is 51.5 Å². The number of rotatable bonds is 11. The number of hydrogen-bond donors (Lipinski definition) is 1. The van der Waals surface area contributed by atoms with Gasteiger partial charge in [0.2, 0.25) is 5.95 Å². The van der Waals surface area contributed by atoms with E-state index in [1.54, 1.807) is 0 Å². The lowest BCUT2D eigenvalue weighted by Gasteiger charge is -2.39. The van der Waals surface area contributed by atoms with E-state index in [2.05, 4.69) is 56.5 Å². The topological polar surface area (TPSA) is 62.8 Å². The summed E-state index contributed by atoms with van der Waals surface area (Å²) in [6, 6.07) is 29.2. The predicted octanol–water partition coefficient (Wildman–Crippen LogP) is 6.31. The minimum Gasteiger partial charge on any atom is -0.485 e. The Kier molecular flexibility index (Phi) is 8.92. The molecule has 0 radical (unpaired) electrons. The van der Waals surface area contributed by atoms with E-state index in [0.717, 1.165) is 67.1 Å². The molecule has 0 atom stereocenters. The summed E-state index contributed by atoms with van der Waals surface area (Å²) in [5.41, 5.74) is 3.47. The lowest BCUT2D eigenvalue weighted by molar-refractivity contribution is 0.152. The van der Waals surface area contributed by atoms with Gasteiger partial charge in [0.25, 0.3) is 0 Å². The summed E-state index contributed by atoms with van der Waals surface area (Å²) >= 11 is 0. The lowest BCUT2D eigenvalue weighted by atomic mass is 10.1. The molecule has 41 heavy (non-hydrogen) atoms. The molecule has 3 heterocycles. The summed E-state index contributed by atoms with van der Waals surface area (Å²) < 4.78 is 12.5. The SMILES string of the molecule is c1ccc(COc2ccc(CN3CC(Nc4nccc(N5CCCCCC5)n4)C3)cc2OCc2ccccc2)cc1. The third-order valence-corrected chi connectivity index (χ3v) is 7.75. The molecule has 0 saturated carbocycles. The molecular weight excluding hydrogens is 510 g/mol. The Labute approximate surface area is 243 Å². The number of hydrogen-bond acceptors (Lipinski definition) is 7. The van der Waals surface area contributed by atoms with Gasteiger partial charge < -0.3 is 19.7 Å². The first kappa shape index (κ1) is 27.1. The van der Waals surface area contributed by atoms with Crippen molar-refractivity contribution in [3.8, 4) is 11.5 Å². The summed E-state index contributed by atoms with van der Waals surface area (Å²) in [4.78, 5) is 14.2. The van der Waals surface area contributed by atoms with Crippen molar-refractivity contribution in [1.82, 2.24) is 14.9 Å². The Morgan fingerprint density at radius 3 is 2.05 bits per heavy atom. The van der Waals surface area contributed by atoms with Gasteiger partial charge in [0.15, 0.2) is 11.5 Å². The average molecular weight is 550 g/mol. The van der Waals surface area contributed by atoms with Crippen LogP contribution in [0.15, 0.2) is 91.1 Å². The van der Waals surface area contributed by atoms with E-state index in [4.69, 9.17) is 14.5 Å². The van der Waals surface area contributed by atoms with Crippen LogP contribution >= 0.6 is 0 Å². The number of aromatic nitrogens is 2. The third kappa shape index (κ3) is 7.55. The van der Waals surface area contributed by atoms with Crippen molar-refractivity contribution in [3.05, 3.63) is 108 Å². The van der Waals surface area contributed by atoms with E-state index >= 15 is 0 Å². The van der Waals surface area contributed by atoms with Gasteiger partial charge in [-0.05, 0) is 47.7 Å². The highest BCUT2D eigenvalue weighted by Gasteiger charge is 2.27. The number of likely N-dealkylation sites (tertiary alicyclic amines) is 1. The molecule has 7 nitrogen and oxygen atoms in total. The zero-order valence-corrected chi connectivity index (χ0v) is 23.6. The van der Waals surface area contributed by atoms with Crippen LogP contribution in [-0.2, 0) is 19.8 Å². The van der Waals surface area contributed by atoms with Gasteiger partial charge in [-0.3, -0.25) is 4.90 Å². The van der Waals surface area contributed by atoms with Crippen molar-refractivity contribution in [2.24, 2.45) is 0 Å². The Bertz CT molecular complexity index is 1370. The second-order valence-corrected chi connectivity index (χ2v) is 11.0. The van der Waals surface area contributed by atoms with Crippen LogP contribution in [0.3, 0.4) is 0 Å². The van der Waals surface area contributed by atoms with Gasteiger partial charge in [-0.25, -0.2) is 4.98 Å². The normalized spacial score (nSPS) is 16.0. The molecule has 0 aliphatic carbocycles. The number of benzene rings is 3. The molecule has 0 unspecified atom stereocenters. The smallest absolute Gasteiger partial charge is 0.224 e. The van der Waals surface area contributed by atoms with E-state index in [0.29, 0.717) is 19.3 Å². The Hall–Kier alpha value is -4.10. The Morgan fingerprint density at radius 2 is 1.37 bits per heavy atom. The fourth-order valence-corrected chi connectivity index (χ4v) is 5.48. The maximum Gasteiger partial charge on any atom is 0.224 e. The fourth-order valence-electron chi connectivity index (χ4n) is 5.48. The highest BCUT2D eigenvalue weighted by atomic mass is 16.5. The molecule has 1 aromatic heterocycles. The molecule has 2 aliphatic rings. The van der Waals surface area contributed by atoms with Gasteiger partial charge in [-0.15, -0.1) is 0 Å². The highest BCUT2D eigenvalue weighted by molar-refractivity contribution is 5.45.